The minimum absolute atomic E-state index is 0.0707. The first-order valence-corrected chi connectivity index (χ1v) is 11.4. The van der Waals surface area contributed by atoms with Gasteiger partial charge in [0.15, 0.2) is 0 Å². The van der Waals surface area contributed by atoms with E-state index in [2.05, 4.69) is 16.0 Å². The fraction of sp³-hybridized carbons (Fsp3) is 0.773. The van der Waals surface area contributed by atoms with Gasteiger partial charge in [0.05, 0.1) is 6.04 Å². The average molecular weight is 472 g/mol. The maximum atomic E-state index is 13.0. The van der Waals surface area contributed by atoms with Gasteiger partial charge in [0.25, 0.3) is 0 Å². The molecule has 33 heavy (non-hydrogen) atoms. The van der Waals surface area contributed by atoms with Crippen molar-refractivity contribution >= 4 is 29.6 Å². The number of carbonyl (C=O) groups is 5. The van der Waals surface area contributed by atoms with Crippen molar-refractivity contribution in [1.82, 2.24) is 16.0 Å². The van der Waals surface area contributed by atoms with Crippen molar-refractivity contribution in [3.63, 3.8) is 0 Å². The first-order chi connectivity index (χ1) is 15.3. The number of carboxylic acids is 1. The minimum Gasteiger partial charge on any atom is -0.480 e. The number of nitrogens with one attached hydrogen (secondary N) is 3. The van der Waals surface area contributed by atoms with Gasteiger partial charge in [-0.25, -0.2) is 4.79 Å². The van der Waals surface area contributed by atoms with Crippen LogP contribution in [0, 0.1) is 17.8 Å². The second kappa shape index (κ2) is 14.5. The third kappa shape index (κ3) is 10.2. The molecule has 0 aromatic rings. The van der Waals surface area contributed by atoms with Gasteiger partial charge in [-0.1, -0.05) is 54.4 Å². The predicted molar refractivity (Wildman–Crippen MR) is 124 cm³/mol. The summed E-state index contributed by atoms with van der Waals surface area (Å²) >= 11 is 0. The molecule has 0 bridgehead atoms. The van der Waals surface area contributed by atoms with Crippen molar-refractivity contribution in [2.75, 3.05) is 0 Å². The Kier molecular flexibility index (Phi) is 13.3. The zero-order valence-corrected chi connectivity index (χ0v) is 20.5. The van der Waals surface area contributed by atoms with E-state index >= 15 is 0 Å². The standard InChI is InChI=1S/C22H41N5O6/c1-7-12(5)16(24)20(30)25-14(9-10-15(23)28)19(29)27-18(13(6)8-2)21(31)26-17(11(3)4)22(32)33/h11-14,16-18H,7-10,24H2,1-6H3,(H2,23,28)(H,25,30)(H,26,31)(H,27,29)(H,32,33). The molecule has 0 saturated heterocycles. The Morgan fingerprint density at radius 1 is 0.788 bits per heavy atom. The highest BCUT2D eigenvalue weighted by molar-refractivity contribution is 5.94. The van der Waals surface area contributed by atoms with Crippen LogP contribution in [0.5, 0.6) is 0 Å². The van der Waals surface area contributed by atoms with E-state index in [0.29, 0.717) is 12.8 Å². The van der Waals surface area contributed by atoms with Crippen molar-refractivity contribution in [1.29, 1.82) is 0 Å². The molecule has 0 radical (unpaired) electrons. The number of aliphatic carboxylic acids is 1. The normalized spacial score (nSPS) is 16.6. The van der Waals surface area contributed by atoms with E-state index < -0.39 is 53.8 Å². The van der Waals surface area contributed by atoms with E-state index in [1.165, 1.54) is 0 Å². The quantitative estimate of drug-likeness (QED) is 0.191. The first kappa shape index (κ1) is 30.3. The molecule has 11 heteroatoms. The third-order valence-electron chi connectivity index (χ3n) is 5.90. The molecule has 0 spiro atoms. The molecule has 0 aliphatic carbocycles. The van der Waals surface area contributed by atoms with Gasteiger partial charge >= 0.3 is 5.97 Å². The molecule has 6 unspecified atom stereocenters. The van der Waals surface area contributed by atoms with Crippen LogP contribution in [0.4, 0.5) is 0 Å². The molecule has 6 atom stereocenters. The molecule has 0 aromatic carbocycles. The van der Waals surface area contributed by atoms with E-state index in [1.807, 2.05) is 13.8 Å². The fourth-order valence-electron chi connectivity index (χ4n) is 3.05. The van der Waals surface area contributed by atoms with Gasteiger partial charge in [0.1, 0.15) is 18.1 Å². The zero-order chi connectivity index (χ0) is 25.9. The summed E-state index contributed by atoms with van der Waals surface area (Å²) < 4.78 is 0. The number of rotatable bonds is 15. The zero-order valence-electron chi connectivity index (χ0n) is 20.5. The second-order valence-corrected chi connectivity index (χ2v) is 8.92. The van der Waals surface area contributed by atoms with Crippen molar-refractivity contribution in [2.45, 2.75) is 91.4 Å². The molecule has 11 nitrogen and oxygen atoms in total. The van der Waals surface area contributed by atoms with Gasteiger partial charge < -0.3 is 32.5 Å². The molecule has 8 N–H and O–H groups in total. The lowest BCUT2D eigenvalue weighted by Crippen LogP contribution is -2.59. The molecule has 190 valence electrons. The number of hydrogen-bond acceptors (Lipinski definition) is 6. The molecule has 4 amide bonds. The second-order valence-electron chi connectivity index (χ2n) is 8.92. The van der Waals surface area contributed by atoms with Crippen molar-refractivity contribution in [2.24, 2.45) is 29.2 Å². The van der Waals surface area contributed by atoms with Crippen LogP contribution in [0.15, 0.2) is 0 Å². The van der Waals surface area contributed by atoms with Gasteiger partial charge in [-0.2, -0.15) is 0 Å². The fourth-order valence-corrected chi connectivity index (χ4v) is 3.05. The summed E-state index contributed by atoms with van der Waals surface area (Å²) in [6, 6.07) is -4.16. The highest BCUT2D eigenvalue weighted by Crippen LogP contribution is 2.12. The summed E-state index contributed by atoms with van der Waals surface area (Å²) in [4.78, 5) is 61.2. The van der Waals surface area contributed by atoms with Crippen LogP contribution in [0.3, 0.4) is 0 Å². The van der Waals surface area contributed by atoms with E-state index in [1.54, 1.807) is 27.7 Å². The Morgan fingerprint density at radius 2 is 1.30 bits per heavy atom. The monoisotopic (exact) mass is 471 g/mol. The molecular formula is C22H41N5O6. The lowest BCUT2D eigenvalue weighted by Gasteiger charge is -2.29. The summed E-state index contributed by atoms with van der Waals surface area (Å²) in [6.07, 6.45) is 0.947. The molecule has 0 rings (SSSR count). The lowest BCUT2D eigenvalue weighted by atomic mass is 9.95. The van der Waals surface area contributed by atoms with Crippen molar-refractivity contribution in [3.8, 4) is 0 Å². The lowest BCUT2D eigenvalue weighted by molar-refractivity contribution is -0.144. The number of primary amides is 1. The summed E-state index contributed by atoms with van der Waals surface area (Å²) in [5.41, 5.74) is 11.2. The average Bonchev–Trinajstić information content (AvgIpc) is 2.75. The topological polar surface area (TPSA) is 194 Å². The number of hydrogen-bond donors (Lipinski definition) is 6. The van der Waals surface area contributed by atoms with Gasteiger partial charge in [-0.05, 0) is 24.2 Å². The smallest absolute Gasteiger partial charge is 0.326 e. The van der Waals surface area contributed by atoms with E-state index in [4.69, 9.17) is 11.5 Å². The van der Waals surface area contributed by atoms with Crippen molar-refractivity contribution < 1.29 is 29.1 Å². The van der Waals surface area contributed by atoms with Crippen LogP contribution in [-0.2, 0) is 24.0 Å². The first-order valence-electron chi connectivity index (χ1n) is 11.4. The van der Waals surface area contributed by atoms with Gasteiger partial charge in [-0.15, -0.1) is 0 Å². The molecule has 0 aliphatic heterocycles. The predicted octanol–water partition coefficient (Wildman–Crippen LogP) is -0.134. The molecule has 0 saturated carbocycles. The number of nitrogens with two attached hydrogens (primary N) is 2. The maximum Gasteiger partial charge on any atom is 0.326 e. The number of carboxylic acid groups (broad SMARTS) is 1. The minimum atomic E-state index is -1.18. The van der Waals surface area contributed by atoms with Gasteiger partial charge in [0.2, 0.25) is 23.6 Å². The number of amides is 4. The van der Waals surface area contributed by atoms with Crippen LogP contribution in [0.25, 0.3) is 0 Å². The Morgan fingerprint density at radius 3 is 1.73 bits per heavy atom. The largest absolute Gasteiger partial charge is 0.480 e. The molecular weight excluding hydrogens is 430 g/mol. The van der Waals surface area contributed by atoms with E-state index in [0.717, 1.165) is 0 Å². The Hall–Kier alpha value is -2.69. The Bertz CT molecular complexity index is 699. The van der Waals surface area contributed by atoms with Crippen LogP contribution >= 0.6 is 0 Å². The van der Waals surface area contributed by atoms with Crippen molar-refractivity contribution in [3.05, 3.63) is 0 Å². The molecule has 0 heterocycles. The Balaban J connectivity index is 5.65. The highest BCUT2D eigenvalue weighted by Gasteiger charge is 2.33. The van der Waals surface area contributed by atoms with Crippen LogP contribution in [0.2, 0.25) is 0 Å². The summed E-state index contributed by atoms with van der Waals surface area (Å²) in [5, 5.41) is 17.0. The Labute approximate surface area is 195 Å². The highest BCUT2D eigenvalue weighted by atomic mass is 16.4. The maximum absolute atomic E-state index is 13.0. The summed E-state index contributed by atoms with van der Waals surface area (Å²) in [5.74, 6) is -4.54. The van der Waals surface area contributed by atoms with E-state index in [9.17, 15) is 29.1 Å². The third-order valence-corrected chi connectivity index (χ3v) is 5.90. The number of carbonyl (C=O) groups excluding carboxylic acids is 4. The van der Waals surface area contributed by atoms with E-state index in [-0.39, 0.29) is 30.6 Å². The van der Waals surface area contributed by atoms with Crippen LogP contribution in [-0.4, -0.2) is 58.9 Å². The van der Waals surface area contributed by atoms with Gasteiger partial charge in [-0.3, -0.25) is 19.2 Å². The summed E-state index contributed by atoms with van der Waals surface area (Å²) in [7, 11) is 0. The van der Waals surface area contributed by atoms with Crippen LogP contribution < -0.4 is 27.4 Å². The molecule has 0 aliphatic rings. The molecule has 0 aromatic heterocycles. The SMILES string of the molecule is CCC(C)C(N)C(=O)NC(CCC(N)=O)C(=O)NC(C(=O)NC(C(=O)O)C(C)C)C(C)CC. The van der Waals surface area contributed by atoms with Crippen LogP contribution in [0.1, 0.15) is 67.2 Å². The van der Waals surface area contributed by atoms with Gasteiger partial charge in [0, 0.05) is 6.42 Å². The summed E-state index contributed by atoms with van der Waals surface area (Å²) in [6.45, 7) is 10.6. The molecule has 0 fully saturated rings.